The number of rotatable bonds is 14. The quantitative estimate of drug-likeness (QED) is 0.0867. The lowest BCUT2D eigenvalue weighted by Gasteiger charge is -2.31. The first kappa shape index (κ1) is 64.0. The number of carboxylic acids is 5. The first-order valence-electron chi connectivity index (χ1n) is 21.3. The molecule has 3 aliphatic rings. The summed E-state index contributed by atoms with van der Waals surface area (Å²) in [5, 5.41) is 53.2. The van der Waals surface area contributed by atoms with Gasteiger partial charge in [-0.3, -0.25) is 53.8 Å². The lowest BCUT2D eigenvalue weighted by atomic mass is 9.96. The van der Waals surface area contributed by atoms with E-state index in [1.807, 2.05) is 31.4 Å². The second-order valence-corrected chi connectivity index (χ2v) is 14.6. The maximum Gasteiger partial charge on any atom is 0.338 e. The lowest BCUT2D eigenvalue weighted by Crippen LogP contribution is -2.55. The van der Waals surface area contributed by atoms with Crippen LogP contribution in [-0.4, -0.2) is 171 Å². The third-order valence-corrected chi connectivity index (χ3v) is 9.85. The molecule has 26 heteroatoms. The van der Waals surface area contributed by atoms with Gasteiger partial charge in [-0.05, 0) is 58.4 Å². The van der Waals surface area contributed by atoms with Crippen molar-refractivity contribution in [2.24, 2.45) is 29.2 Å². The number of imide groups is 2. The average molecular weight is 950 g/mol. The van der Waals surface area contributed by atoms with Crippen LogP contribution in [0, 0.1) is 17.8 Å². The number of nitrogens with zero attached hydrogens (tertiary/aromatic N) is 2. The Morgan fingerprint density at radius 3 is 1.29 bits per heavy atom. The van der Waals surface area contributed by atoms with Crippen LogP contribution in [0.15, 0.2) is 0 Å². The van der Waals surface area contributed by atoms with Gasteiger partial charge in [0.1, 0.15) is 12.0 Å². The number of nitrogens with two attached hydrogens (primary N) is 2. The van der Waals surface area contributed by atoms with E-state index in [4.69, 9.17) is 37.0 Å². The molecule has 0 aromatic heterocycles. The minimum atomic E-state index is -1.85. The van der Waals surface area contributed by atoms with Crippen molar-refractivity contribution in [3.63, 3.8) is 0 Å². The van der Waals surface area contributed by atoms with Gasteiger partial charge in [0.2, 0.25) is 41.5 Å². The summed E-state index contributed by atoms with van der Waals surface area (Å²) < 4.78 is 0. The zero-order valence-corrected chi connectivity index (χ0v) is 38.9. The summed E-state index contributed by atoms with van der Waals surface area (Å²) in [7, 11) is 3.42. The summed E-state index contributed by atoms with van der Waals surface area (Å²) in [6.45, 7) is 12.4. The van der Waals surface area contributed by atoms with Gasteiger partial charge in [-0.25, -0.2) is 14.4 Å². The van der Waals surface area contributed by atoms with Gasteiger partial charge in [0, 0.05) is 46.6 Å². The van der Waals surface area contributed by atoms with Crippen LogP contribution in [0.1, 0.15) is 99.3 Å². The number of carbonyl (C=O) groups is 12. The van der Waals surface area contributed by atoms with Crippen molar-refractivity contribution in [1.29, 1.82) is 0 Å². The first-order valence-corrected chi connectivity index (χ1v) is 21.3. The Balaban J connectivity index is -0.000000733. The van der Waals surface area contributed by atoms with Gasteiger partial charge in [-0.1, -0.05) is 34.6 Å². The molecular weight excluding hydrogens is 878 g/mol. The van der Waals surface area contributed by atoms with Crippen LogP contribution in [-0.2, 0) is 52.7 Å². The Labute approximate surface area is 383 Å². The van der Waals surface area contributed by atoms with Gasteiger partial charge < -0.3 is 62.8 Å². The number of barbiturate groups is 1. The van der Waals surface area contributed by atoms with Crippen molar-refractivity contribution in [3.8, 4) is 0 Å². The smallest absolute Gasteiger partial charge is 0.338 e. The Hall–Kier alpha value is -6.28. The van der Waals surface area contributed by atoms with E-state index in [2.05, 4.69) is 10.6 Å². The maximum absolute atomic E-state index is 11.7. The SMILES string of the molecule is CC(=O)NC(C(=O)O)C(=O)O.CCC(=O)N1CCC(C(=O)O)CC1.CCC(N)C(=O)N1CCC(C(=O)O)CC1.CCC(N)C(=O)O.CCC(NC)C(=O)NC.CCC1C(=O)NC(=O)NC1=O. The van der Waals surface area contributed by atoms with Crippen LogP contribution in [0.2, 0.25) is 0 Å². The number of nitrogens with one attached hydrogen (secondary N) is 5. The molecule has 66 heavy (non-hydrogen) atoms. The van der Waals surface area contributed by atoms with Gasteiger partial charge in [-0.15, -0.1) is 0 Å². The molecule has 0 radical (unpaired) electrons. The molecule has 3 saturated heterocycles. The van der Waals surface area contributed by atoms with Crippen LogP contribution < -0.4 is 38.1 Å². The zero-order chi connectivity index (χ0) is 51.9. The number of likely N-dealkylation sites (N-methyl/N-ethyl adjacent to an activating group) is 2. The topological polar surface area (TPSA) is 425 Å². The first-order chi connectivity index (χ1) is 30.7. The number of piperidine rings is 2. The van der Waals surface area contributed by atoms with Gasteiger partial charge in [-0.2, -0.15) is 0 Å². The van der Waals surface area contributed by atoms with E-state index in [0.29, 0.717) is 77.5 Å². The Morgan fingerprint density at radius 2 is 1.06 bits per heavy atom. The molecule has 3 unspecified atom stereocenters. The van der Waals surface area contributed by atoms with Crippen LogP contribution in [0.25, 0.3) is 0 Å². The molecule has 26 nitrogen and oxygen atoms in total. The molecule has 3 aliphatic heterocycles. The fourth-order valence-electron chi connectivity index (χ4n) is 5.58. The van der Waals surface area contributed by atoms with Crippen molar-refractivity contribution >= 4 is 71.3 Å². The molecule has 0 aliphatic carbocycles. The summed E-state index contributed by atoms with van der Waals surface area (Å²) in [4.78, 5) is 131. The van der Waals surface area contributed by atoms with Crippen molar-refractivity contribution in [2.75, 3.05) is 40.3 Å². The van der Waals surface area contributed by atoms with Crippen LogP contribution in [0.4, 0.5) is 4.79 Å². The number of hydrogen-bond donors (Lipinski definition) is 12. The second kappa shape index (κ2) is 35.0. The van der Waals surface area contributed by atoms with E-state index < -0.39 is 77.6 Å². The van der Waals surface area contributed by atoms with Crippen molar-refractivity contribution < 1.29 is 83.1 Å². The molecule has 0 aromatic rings. The minimum Gasteiger partial charge on any atom is -0.481 e. The number of carboxylic acid groups (broad SMARTS) is 5. The summed E-state index contributed by atoms with van der Waals surface area (Å²) in [5.41, 5.74) is 10.7. The average Bonchev–Trinajstić information content (AvgIpc) is 3.28. The molecule has 0 bridgehead atoms. The van der Waals surface area contributed by atoms with Gasteiger partial charge in [0.25, 0.3) is 0 Å². The van der Waals surface area contributed by atoms with Crippen molar-refractivity contribution in [1.82, 2.24) is 36.4 Å². The summed E-state index contributed by atoms with van der Waals surface area (Å²) in [6, 6.07) is -3.74. The second-order valence-electron chi connectivity index (χ2n) is 14.6. The van der Waals surface area contributed by atoms with E-state index in [9.17, 15) is 57.5 Å². The Morgan fingerprint density at radius 1 is 0.652 bits per heavy atom. The number of aliphatic carboxylic acids is 5. The highest BCUT2D eigenvalue weighted by Crippen LogP contribution is 2.19. The highest BCUT2D eigenvalue weighted by molar-refractivity contribution is 6.16. The molecule has 3 heterocycles. The van der Waals surface area contributed by atoms with Gasteiger partial charge in [0.05, 0.1) is 23.9 Å². The molecule has 3 fully saturated rings. The molecule has 0 aromatic carbocycles. The predicted octanol–water partition coefficient (Wildman–Crippen LogP) is -1.66. The molecule has 0 spiro atoms. The van der Waals surface area contributed by atoms with E-state index >= 15 is 0 Å². The van der Waals surface area contributed by atoms with Crippen LogP contribution >= 0.6 is 0 Å². The van der Waals surface area contributed by atoms with E-state index in [0.717, 1.165) is 13.3 Å². The highest BCUT2D eigenvalue weighted by Gasteiger charge is 2.32. The number of likely N-dealkylation sites (tertiary alicyclic amines) is 2. The molecule has 0 saturated carbocycles. The molecule has 8 amide bonds. The van der Waals surface area contributed by atoms with E-state index in [-0.39, 0.29) is 35.6 Å². The molecule has 14 N–H and O–H groups in total. The standard InChI is InChI=1S/C10H18N2O3.C9H15NO3.C6H8N2O3.C6H14N2O.C5H7NO5.C4H9NO2/c1-2-8(11)9(13)12-5-3-7(4-6-12)10(14)15;1-2-8(11)10-5-3-7(4-6-10)9(12)13;1-2-3-4(9)7-6(11)8-5(3)10;1-4-5(7-2)6(9)8-3;1-2(7)6-3(4(8)9)5(10)11;1-2-3(5)4(6)7/h7-8H,2-6,11H2,1H3,(H,14,15);7H,2-6H2,1H3,(H,12,13);3H,2H2,1H3,(H2,7,8,9,10,11);5,7H,4H2,1-3H3,(H,8,9);3H,1H3,(H,6,7)(H,8,9)(H,10,11);3H,2,5H2,1H3,(H,6,7). The molecule has 378 valence electrons. The number of hydrogen-bond acceptors (Lipinski definition) is 15. The number of carbonyl (C=O) groups excluding carboxylic acids is 7. The van der Waals surface area contributed by atoms with Crippen molar-refractivity contribution in [2.45, 2.75) is 123 Å². The third-order valence-electron chi connectivity index (χ3n) is 9.85. The van der Waals surface area contributed by atoms with E-state index in [1.165, 1.54) is 0 Å². The fourth-order valence-corrected chi connectivity index (χ4v) is 5.58. The number of urea groups is 1. The zero-order valence-electron chi connectivity index (χ0n) is 38.9. The highest BCUT2D eigenvalue weighted by atomic mass is 16.4. The minimum absolute atomic E-state index is 0.0324. The third kappa shape index (κ3) is 26.5. The molecular formula is C40H71N9O17. The fraction of sp³-hybridized carbons (Fsp3) is 0.700. The molecule has 3 rings (SSSR count). The van der Waals surface area contributed by atoms with Gasteiger partial charge in [0.15, 0.2) is 0 Å². The van der Waals surface area contributed by atoms with Crippen LogP contribution in [0.3, 0.4) is 0 Å². The monoisotopic (exact) mass is 949 g/mol. The largest absolute Gasteiger partial charge is 0.481 e. The summed E-state index contributed by atoms with van der Waals surface area (Å²) in [5.74, 6) is -8.46. The number of amides is 8. The van der Waals surface area contributed by atoms with Gasteiger partial charge >= 0.3 is 35.9 Å². The predicted molar refractivity (Wildman–Crippen MR) is 234 cm³/mol. The van der Waals surface area contributed by atoms with Crippen molar-refractivity contribution in [3.05, 3.63) is 0 Å². The van der Waals surface area contributed by atoms with E-state index in [1.54, 1.807) is 43.1 Å². The Bertz CT molecular complexity index is 1590. The Kier molecular flexibility index (Phi) is 34.0. The van der Waals surface area contributed by atoms with Crippen LogP contribution in [0.5, 0.6) is 0 Å². The maximum atomic E-state index is 11.7. The molecule has 3 atom stereocenters. The lowest BCUT2D eigenvalue weighted by molar-refractivity contribution is -0.153. The normalized spacial score (nSPS) is 16.2. The summed E-state index contributed by atoms with van der Waals surface area (Å²) in [6.07, 6.45) is 5.14. The summed E-state index contributed by atoms with van der Waals surface area (Å²) >= 11 is 0.